The smallest absolute Gasteiger partial charge is 0.0726 e. The summed E-state index contributed by atoms with van der Waals surface area (Å²) in [5, 5.41) is 7.68. The molecule has 0 saturated carbocycles. The SMILES string of the molecule is c1ccc2c(c1)-c1ccccc1C21c2ccccc2-c2ccc(N(c3ccc(-c4cc(-c5cccc6c5sc5ccccc56)cc(-c5cccc6c5sc5ccccc56)c4)cc3)c3ccc4ccccc4c3)cc21. The van der Waals surface area contributed by atoms with Gasteiger partial charge in [-0.05, 0) is 155 Å². The molecule has 2 aromatic heterocycles. The molecule has 0 amide bonds. The third kappa shape index (κ3) is 6.03. The number of benzene rings is 12. The molecule has 0 aliphatic heterocycles. The maximum Gasteiger partial charge on any atom is 0.0726 e. The fourth-order valence-corrected chi connectivity index (χ4v) is 15.3. The minimum absolute atomic E-state index is 0.447. The molecule has 3 heteroatoms. The maximum absolute atomic E-state index is 2.50. The maximum atomic E-state index is 2.50. The van der Waals surface area contributed by atoms with Crippen LogP contribution in [0.3, 0.4) is 0 Å². The first-order valence-electron chi connectivity index (χ1n) is 25.5. The van der Waals surface area contributed by atoms with Crippen molar-refractivity contribution >= 4 is 90.9 Å². The molecule has 0 N–H and O–H groups in total. The largest absolute Gasteiger partial charge is 0.310 e. The van der Waals surface area contributed by atoms with E-state index in [1.807, 2.05) is 22.7 Å². The van der Waals surface area contributed by atoms with Crippen LogP contribution in [-0.2, 0) is 5.41 Å². The Morgan fingerprint density at radius 1 is 0.257 bits per heavy atom. The van der Waals surface area contributed by atoms with Gasteiger partial charge in [-0.1, -0.05) is 194 Å². The van der Waals surface area contributed by atoms with Gasteiger partial charge in [-0.3, -0.25) is 0 Å². The number of hydrogen-bond acceptors (Lipinski definition) is 3. The van der Waals surface area contributed by atoms with E-state index in [2.05, 4.69) is 266 Å². The van der Waals surface area contributed by atoms with Gasteiger partial charge in [0.1, 0.15) is 0 Å². The predicted octanol–water partition coefficient (Wildman–Crippen LogP) is 20.4. The molecule has 0 fully saturated rings. The third-order valence-electron chi connectivity index (χ3n) is 16.1. The number of nitrogens with zero attached hydrogens (tertiary/aromatic N) is 1. The fourth-order valence-electron chi connectivity index (χ4n) is 12.8. The molecular formula is C71H43NS2. The van der Waals surface area contributed by atoms with Crippen molar-refractivity contribution in [3.8, 4) is 55.6 Å². The van der Waals surface area contributed by atoms with Crippen LogP contribution in [0.5, 0.6) is 0 Å². The molecule has 14 aromatic rings. The number of anilines is 3. The number of hydrogen-bond donors (Lipinski definition) is 0. The van der Waals surface area contributed by atoms with Crippen LogP contribution in [0.15, 0.2) is 261 Å². The van der Waals surface area contributed by atoms with Gasteiger partial charge in [0.25, 0.3) is 0 Å². The number of thiophene rings is 2. The molecule has 0 saturated heterocycles. The Balaban J connectivity index is 0.886. The van der Waals surface area contributed by atoms with E-state index in [0.717, 1.165) is 17.1 Å². The van der Waals surface area contributed by atoms with E-state index in [9.17, 15) is 0 Å². The standard InChI is InChI=1S/C71H43NS2/c1-2-16-46-42-51(36-33-44(46)15-1)72(52-37-38-58-57-19-5-10-28-65(57)71(66(58)43-52)63-26-8-3-17-55(63)56-18-4-9-27-64(56)71)50-34-31-45(32-35-50)47-39-48(53-22-13-24-61-59-20-6-11-29-67(59)73-69(53)61)41-49(40-47)54-23-14-25-62-60-21-7-12-30-68(60)74-70(54)62/h1-43H. The van der Waals surface area contributed by atoms with Crippen molar-refractivity contribution < 1.29 is 0 Å². The number of fused-ring (bicyclic) bond motifs is 17. The Labute approximate surface area is 437 Å². The zero-order valence-corrected chi connectivity index (χ0v) is 41.7. The van der Waals surface area contributed by atoms with Gasteiger partial charge < -0.3 is 4.90 Å². The molecule has 0 unspecified atom stereocenters. The molecule has 1 spiro atoms. The van der Waals surface area contributed by atoms with Crippen LogP contribution >= 0.6 is 22.7 Å². The third-order valence-corrected chi connectivity index (χ3v) is 18.5. The van der Waals surface area contributed by atoms with E-state index >= 15 is 0 Å². The van der Waals surface area contributed by atoms with Crippen molar-refractivity contribution in [3.63, 3.8) is 0 Å². The van der Waals surface area contributed by atoms with Gasteiger partial charge in [0, 0.05) is 57.4 Å². The molecule has 1 nitrogen and oxygen atoms in total. The topological polar surface area (TPSA) is 3.24 Å². The van der Waals surface area contributed by atoms with Crippen LogP contribution < -0.4 is 4.90 Å². The van der Waals surface area contributed by atoms with Crippen molar-refractivity contribution in [2.24, 2.45) is 0 Å². The Morgan fingerprint density at radius 3 is 1.28 bits per heavy atom. The average molecular weight is 974 g/mol. The normalized spacial score (nSPS) is 13.0. The zero-order chi connectivity index (χ0) is 48.5. The van der Waals surface area contributed by atoms with Gasteiger partial charge in [-0.15, -0.1) is 22.7 Å². The van der Waals surface area contributed by atoms with Gasteiger partial charge in [0.15, 0.2) is 0 Å². The monoisotopic (exact) mass is 973 g/mol. The van der Waals surface area contributed by atoms with E-state index in [0.29, 0.717) is 0 Å². The molecule has 0 radical (unpaired) electrons. The first-order valence-corrected chi connectivity index (χ1v) is 27.1. The molecule has 2 aliphatic carbocycles. The molecule has 12 aromatic carbocycles. The van der Waals surface area contributed by atoms with Crippen LogP contribution in [0.4, 0.5) is 17.1 Å². The zero-order valence-electron chi connectivity index (χ0n) is 40.1. The highest BCUT2D eigenvalue weighted by Gasteiger charge is 2.51. The summed E-state index contributed by atoms with van der Waals surface area (Å²) in [5.74, 6) is 0. The second-order valence-corrected chi connectivity index (χ2v) is 22.0. The van der Waals surface area contributed by atoms with Crippen LogP contribution in [0.1, 0.15) is 22.3 Å². The molecule has 0 atom stereocenters. The van der Waals surface area contributed by atoms with E-state index in [1.54, 1.807) is 0 Å². The molecule has 0 bridgehead atoms. The van der Waals surface area contributed by atoms with Gasteiger partial charge in [0.2, 0.25) is 0 Å². The molecule has 344 valence electrons. The Morgan fingerprint density at radius 2 is 0.689 bits per heavy atom. The van der Waals surface area contributed by atoms with Crippen molar-refractivity contribution in [2.45, 2.75) is 5.41 Å². The first-order chi connectivity index (χ1) is 36.7. The summed E-state index contributed by atoms with van der Waals surface area (Å²) in [7, 11) is 0. The van der Waals surface area contributed by atoms with E-state index in [-0.39, 0.29) is 0 Å². The second-order valence-electron chi connectivity index (χ2n) is 19.9. The lowest BCUT2D eigenvalue weighted by Gasteiger charge is -2.32. The van der Waals surface area contributed by atoms with Crippen LogP contribution in [0.2, 0.25) is 0 Å². The van der Waals surface area contributed by atoms with Crippen LogP contribution in [0, 0.1) is 0 Å². The highest BCUT2D eigenvalue weighted by atomic mass is 32.1. The summed E-state index contributed by atoms with van der Waals surface area (Å²) in [6.45, 7) is 0. The summed E-state index contributed by atoms with van der Waals surface area (Å²) in [5.41, 5.74) is 20.8. The quantitative estimate of drug-likeness (QED) is 0.160. The molecular weight excluding hydrogens is 931 g/mol. The van der Waals surface area contributed by atoms with E-state index in [4.69, 9.17) is 0 Å². The van der Waals surface area contributed by atoms with Gasteiger partial charge in [-0.25, -0.2) is 0 Å². The highest BCUT2D eigenvalue weighted by molar-refractivity contribution is 7.26. The summed E-state index contributed by atoms with van der Waals surface area (Å²) in [6, 6.07) is 97.9. The van der Waals surface area contributed by atoms with Gasteiger partial charge in [-0.2, -0.15) is 0 Å². The average Bonchev–Trinajstić information content (AvgIpc) is 4.22. The Bertz CT molecular complexity index is 4430. The van der Waals surface area contributed by atoms with E-state index in [1.165, 1.54) is 129 Å². The predicted molar refractivity (Wildman–Crippen MR) is 317 cm³/mol. The summed E-state index contributed by atoms with van der Waals surface area (Å²) in [4.78, 5) is 2.46. The number of rotatable bonds is 6. The summed E-state index contributed by atoms with van der Waals surface area (Å²) < 4.78 is 5.27. The summed E-state index contributed by atoms with van der Waals surface area (Å²) >= 11 is 3.79. The molecule has 2 heterocycles. The highest BCUT2D eigenvalue weighted by Crippen LogP contribution is 2.63. The fraction of sp³-hybridized carbons (Fsp3) is 0.0141. The first kappa shape index (κ1) is 41.7. The van der Waals surface area contributed by atoms with Crippen LogP contribution in [0.25, 0.3) is 107 Å². The van der Waals surface area contributed by atoms with Crippen molar-refractivity contribution in [1.29, 1.82) is 0 Å². The lowest BCUT2D eigenvalue weighted by atomic mass is 9.70. The lowest BCUT2D eigenvalue weighted by molar-refractivity contribution is 0.793. The Hall–Kier alpha value is -8.86. The van der Waals surface area contributed by atoms with Crippen molar-refractivity contribution in [3.05, 3.63) is 283 Å². The van der Waals surface area contributed by atoms with Crippen molar-refractivity contribution in [1.82, 2.24) is 0 Å². The van der Waals surface area contributed by atoms with E-state index < -0.39 is 5.41 Å². The van der Waals surface area contributed by atoms with Crippen molar-refractivity contribution in [2.75, 3.05) is 4.90 Å². The minimum atomic E-state index is -0.447. The van der Waals surface area contributed by atoms with Crippen LogP contribution in [-0.4, -0.2) is 0 Å². The summed E-state index contributed by atoms with van der Waals surface area (Å²) in [6.07, 6.45) is 0. The Kier molecular flexibility index (Phi) is 9.06. The minimum Gasteiger partial charge on any atom is -0.310 e. The molecule has 16 rings (SSSR count). The van der Waals surface area contributed by atoms with Gasteiger partial charge in [0.05, 0.1) is 5.41 Å². The molecule has 74 heavy (non-hydrogen) atoms. The van der Waals surface area contributed by atoms with Gasteiger partial charge >= 0.3 is 0 Å². The second kappa shape index (κ2) is 16.1. The molecule has 2 aliphatic rings. The lowest BCUT2D eigenvalue weighted by Crippen LogP contribution is -2.26.